The number of likely N-dealkylation sites (N-methyl/N-ethyl adjacent to an activating group) is 1. The van der Waals surface area contributed by atoms with Crippen LogP contribution in [0.5, 0.6) is 0 Å². The SMILES string of the molecule is CN(C)CCN1C=C[N+](CC2c3[nH]c4ccc(Cl)cc4c3CCN2CCNc2ccc(Cl)c(C(F)(F)F)n2)=I1. The van der Waals surface area contributed by atoms with E-state index in [4.69, 9.17) is 23.2 Å². The van der Waals surface area contributed by atoms with E-state index in [-0.39, 0.29) is 33.2 Å². The van der Waals surface area contributed by atoms with Gasteiger partial charge in [-0.25, -0.2) is 4.98 Å². The number of halogens is 6. The summed E-state index contributed by atoms with van der Waals surface area (Å²) >= 11 is 11.7. The Balaban J connectivity index is 1.35. The number of H-pyrrole nitrogens is 1. The highest BCUT2D eigenvalue weighted by Gasteiger charge is 2.36. The van der Waals surface area contributed by atoms with Crippen molar-refractivity contribution < 1.29 is 15.9 Å². The van der Waals surface area contributed by atoms with Crippen LogP contribution in [0, 0.1) is 0 Å². The monoisotopic (exact) mass is 694 g/mol. The lowest BCUT2D eigenvalue weighted by atomic mass is 9.97. The molecule has 0 amide bonds. The Hall–Kier alpha value is -1.93. The smallest absolute Gasteiger partial charge is 0.369 e. The molecule has 5 rings (SSSR count). The van der Waals surface area contributed by atoms with Crippen LogP contribution in [0.3, 0.4) is 0 Å². The predicted molar refractivity (Wildman–Crippen MR) is 158 cm³/mol. The Morgan fingerprint density at radius 1 is 1.21 bits per heavy atom. The number of pyridine rings is 1. The lowest BCUT2D eigenvalue weighted by Gasteiger charge is -2.34. The summed E-state index contributed by atoms with van der Waals surface area (Å²) in [6.45, 7) is 4.75. The first-order chi connectivity index (χ1) is 18.6. The molecule has 0 radical (unpaired) electrons. The van der Waals surface area contributed by atoms with Crippen LogP contribution < -0.4 is 5.32 Å². The van der Waals surface area contributed by atoms with Gasteiger partial charge in [-0.05, 0) is 56.4 Å². The van der Waals surface area contributed by atoms with Gasteiger partial charge in [-0.3, -0.25) is 8.01 Å². The third-order valence-electron chi connectivity index (χ3n) is 6.84. The van der Waals surface area contributed by atoms with Crippen LogP contribution in [0.4, 0.5) is 19.0 Å². The average molecular weight is 695 g/mol. The van der Waals surface area contributed by atoms with Crippen LogP contribution in [0.2, 0.25) is 10.0 Å². The summed E-state index contributed by atoms with van der Waals surface area (Å²) in [4.78, 5) is 11.9. The summed E-state index contributed by atoms with van der Waals surface area (Å²) in [6, 6.07) is 8.76. The van der Waals surface area contributed by atoms with Gasteiger partial charge in [0, 0.05) is 54.3 Å². The normalized spacial score (nSPS) is 18.0. The quantitative estimate of drug-likeness (QED) is 0.203. The van der Waals surface area contributed by atoms with Crippen molar-refractivity contribution in [2.24, 2.45) is 0 Å². The van der Waals surface area contributed by atoms with Gasteiger partial charge in [0.25, 0.3) is 0 Å². The number of nitrogens with zero attached hydrogens (tertiary/aromatic N) is 5. The molecule has 1 unspecified atom stereocenters. The second kappa shape index (κ2) is 11.9. The lowest BCUT2D eigenvalue weighted by Crippen LogP contribution is -2.41. The zero-order valence-corrected chi connectivity index (χ0v) is 25.2. The summed E-state index contributed by atoms with van der Waals surface area (Å²) in [5.41, 5.74) is 2.47. The number of hydrogen-bond donors (Lipinski definition) is 2. The van der Waals surface area contributed by atoms with Crippen molar-refractivity contribution in [3.8, 4) is 0 Å². The molecule has 0 aliphatic carbocycles. The van der Waals surface area contributed by atoms with E-state index in [1.54, 1.807) is 0 Å². The average Bonchev–Trinajstić information content (AvgIpc) is 3.48. The molecule has 4 heterocycles. The van der Waals surface area contributed by atoms with Gasteiger partial charge < -0.3 is 15.2 Å². The largest absolute Gasteiger partial charge is 0.434 e. The Kier molecular flexibility index (Phi) is 8.72. The van der Waals surface area contributed by atoms with E-state index in [1.807, 2.05) is 18.2 Å². The predicted octanol–water partition coefficient (Wildman–Crippen LogP) is 6.33. The zero-order chi connectivity index (χ0) is 27.7. The van der Waals surface area contributed by atoms with Crippen LogP contribution in [0.25, 0.3) is 10.9 Å². The van der Waals surface area contributed by atoms with Crippen molar-refractivity contribution in [3.05, 3.63) is 69.7 Å². The highest BCUT2D eigenvalue weighted by atomic mass is 127. The van der Waals surface area contributed by atoms with Crippen molar-refractivity contribution in [2.45, 2.75) is 18.6 Å². The molecule has 2 N–H and O–H groups in total. The zero-order valence-electron chi connectivity index (χ0n) is 21.6. The highest BCUT2D eigenvalue weighted by molar-refractivity contribution is 14.1. The van der Waals surface area contributed by atoms with Crippen molar-refractivity contribution >= 4 is 61.2 Å². The molecule has 0 bridgehead atoms. The second-order valence-electron chi connectivity index (χ2n) is 9.84. The fraction of sp³-hybridized carbons (Fsp3) is 0.423. The maximum atomic E-state index is 13.2. The van der Waals surface area contributed by atoms with Crippen LogP contribution in [0.1, 0.15) is 23.0 Å². The first kappa shape index (κ1) is 28.6. The Bertz CT molecular complexity index is 1410. The van der Waals surface area contributed by atoms with Crippen LogP contribution in [-0.2, 0) is 12.6 Å². The van der Waals surface area contributed by atoms with E-state index < -0.39 is 16.9 Å². The number of hydrogen-bond acceptors (Lipinski definition) is 5. The highest BCUT2D eigenvalue weighted by Crippen LogP contribution is 2.37. The third-order valence-corrected chi connectivity index (χ3v) is 10.0. The first-order valence-electron chi connectivity index (χ1n) is 12.6. The molecule has 7 nitrogen and oxygen atoms in total. The number of anilines is 1. The number of alkyl halides is 3. The van der Waals surface area contributed by atoms with Crippen molar-refractivity contribution in [3.63, 3.8) is 0 Å². The molecule has 1 atom stereocenters. The van der Waals surface area contributed by atoms with Crippen molar-refractivity contribution in [2.75, 3.05) is 58.7 Å². The van der Waals surface area contributed by atoms with E-state index in [1.165, 1.54) is 23.4 Å². The molecule has 0 saturated carbocycles. The minimum atomic E-state index is -4.60. The number of rotatable bonds is 9. The molecule has 39 heavy (non-hydrogen) atoms. The summed E-state index contributed by atoms with van der Waals surface area (Å²) in [5.74, 6) is 0.158. The van der Waals surface area contributed by atoms with Gasteiger partial charge in [-0.1, -0.05) is 23.2 Å². The molecule has 0 fully saturated rings. The molecule has 2 aromatic heterocycles. The molecule has 0 spiro atoms. The van der Waals surface area contributed by atoms with Crippen molar-refractivity contribution in [1.29, 1.82) is 0 Å². The minimum absolute atomic E-state index is 0.101. The number of aromatic nitrogens is 2. The fourth-order valence-electron chi connectivity index (χ4n) is 4.91. The third kappa shape index (κ3) is 6.70. The van der Waals surface area contributed by atoms with Crippen LogP contribution in [-0.4, -0.2) is 79.0 Å². The van der Waals surface area contributed by atoms with E-state index >= 15 is 0 Å². The summed E-state index contributed by atoms with van der Waals surface area (Å²) in [6.07, 6.45) is 0.628. The van der Waals surface area contributed by atoms with Gasteiger partial charge in [0.05, 0.1) is 11.2 Å². The van der Waals surface area contributed by atoms with Gasteiger partial charge in [0.1, 0.15) is 11.9 Å². The first-order valence-corrected chi connectivity index (χ1v) is 15.3. The number of benzene rings is 1. The van der Waals surface area contributed by atoms with E-state index in [0.29, 0.717) is 18.1 Å². The number of fused-ring (bicyclic) bond motifs is 3. The molecular formula is C26H30Cl2F3IN7+. The topological polar surface area (TPSA) is 53.4 Å². The Morgan fingerprint density at radius 2 is 2.03 bits per heavy atom. The number of aromatic amines is 1. The Morgan fingerprint density at radius 3 is 2.79 bits per heavy atom. The Labute approximate surface area is 246 Å². The van der Waals surface area contributed by atoms with E-state index in [0.717, 1.165) is 43.5 Å². The van der Waals surface area contributed by atoms with Crippen LogP contribution >= 0.6 is 44.5 Å². The van der Waals surface area contributed by atoms with Gasteiger partial charge in [0.15, 0.2) is 18.4 Å². The van der Waals surface area contributed by atoms with Gasteiger partial charge in [-0.15, -0.1) is 0 Å². The maximum absolute atomic E-state index is 13.2. The maximum Gasteiger partial charge on any atom is 0.434 e. The van der Waals surface area contributed by atoms with E-state index in [2.05, 4.69) is 57.4 Å². The standard InChI is InChI=1S/C26H30Cl2F3IN7/c1-36(2)11-12-38-13-14-39(32-38)16-22-24-18(19-15-17(27)3-5-21(19)34-24)7-9-37(22)10-8-33-23-6-4-20(28)25(35-23)26(29,30)31/h3-6,13-15,22,34H,7-12,16H2,1-2H3,(H,33,35)/q+1. The van der Waals surface area contributed by atoms with Crippen molar-refractivity contribution in [1.82, 2.24) is 22.9 Å². The molecule has 13 heteroatoms. The number of nitrogens with one attached hydrogen (secondary N) is 2. The van der Waals surface area contributed by atoms with Gasteiger partial charge in [0.2, 0.25) is 0 Å². The summed E-state index contributed by atoms with van der Waals surface area (Å²) in [5, 5.41) is 4.53. The molecule has 1 aromatic carbocycles. The minimum Gasteiger partial charge on any atom is -0.369 e. The van der Waals surface area contributed by atoms with Gasteiger partial charge in [-0.2, -0.15) is 15.9 Å². The van der Waals surface area contributed by atoms with E-state index in [9.17, 15) is 13.2 Å². The molecule has 0 saturated heterocycles. The lowest BCUT2D eigenvalue weighted by molar-refractivity contribution is -0.411. The molecule has 3 aromatic rings. The molecular weight excluding hydrogens is 665 g/mol. The molecule has 2 aliphatic heterocycles. The molecule has 2 aliphatic rings. The van der Waals surface area contributed by atoms with Gasteiger partial charge >= 0.3 is 27.5 Å². The summed E-state index contributed by atoms with van der Waals surface area (Å²) in [7, 11) is 4.16. The fourth-order valence-corrected chi connectivity index (χ4v) is 7.57. The molecule has 210 valence electrons. The second-order valence-corrected chi connectivity index (χ2v) is 13.6. The van der Waals surface area contributed by atoms with Crippen LogP contribution in [0.15, 0.2) is 42.7 Å². The summed E-state index contributed by atoms with van der Waals surface area (Å²) < 4.78 is 44.6.